The maximum atomic E-state index is 13.6. The van der Waals surface area contributed by atoms with E-state index in [0.717, 1.165) is 35.9 Å². The summed E-state index contributed by atoms with van der Waals surface area (Å²) >= 11 is 1.69. The van der Waals surface area contributed by atoms with Crippen LogP contribution < -0.4 is 10.5 Å². The van der Waals surface area contributed by atoms with E-state index in [-0.39, 0.29) is 12.2 Å². The van der Waals surface area contributed by atoms with Crippen molar-refractivity contribution in [3.05, 3.63) is 56.7 Å². The predicted octanol–water partition coefficient (Wildman–Crippen LogP) is 3.40. The highest BCUT2D eigenvalue weighted by Gasteiger charge is 2.22. The first kappa shape index (κ1) is 19.2. The van der Waals surface area contributed by atoms with E-state index < -0.39 is 0 Å². The molecule has 0 spiro atoms. The van der Waals surface area contributed by atoms with E-state index in [0.29, 0.717) is 19.0 Å². The molecule has 28 heavy (non-hydrogen) atoms. The number of hydrogen-bond acceptors (Lipinski definition) is 5. The zero-order valence-corrected chi connectivity index (χ0v) is 17.2. The number of fused-ring (bicyclic) bond motifs is 3. The lowest BCUT2D eigenvalue weighted by atomic mass is 10.1. The monoisotopic (exact) mass is 397 g/mol. The minimum atomic E-state index is 0.0318. The third kappa shape index (κ3) is 3.71. The van der Waals surface area contributed by atoms with Gasteiger partial charge in [0.05, 0.1) is 12.0 Å². The number of anilines is 1. The second-order valence-electron chi connectivity index (χ2n) is 7.49. The van der Waals surface area contributed by atoms with Gasteiger partial charge in [-0.25, -0.2) is 4.98 Å². The van der Waals surface area contributed by atoms with E-state index in [4.69, 9.17) is 4.98 Å². The number of aliphatic hydroxyl groups excluding tert-OH is 1. The van der Waals surface area contributed by atoms with Crippen LogP contribution in [-0.4, -0.2) is 34.9 Å². The Morgan fingerprint density at radius 1 is 1.18 bits per heavy atom. The lowest BCUT2D eigenvalue weighted by molar-refractivity contribution is 0.303. The van der Waals surface area contributed by atoms with Gasteiger partial charge in [0, 0.05) is 25.0 Å². The summed E-state index contributed by atoms with van der Waals surface area (Å²) in [7, 11) is 1.89. The number of likely N-dealkylation sites (N-methyl/N-ethyl adjacent to an activating group) is 1. The SMILES string of the molecule is CN(CCO)c1nc2sc3c(c2c(=O)n1CCc1ccccc1)CCCCC3. The molecule has 1 aliphatic carbocycles. The summed E-state index contributed by atoms with van der Waals surface area (Å²) < 4.78 is 1.81. The Labute approximate surface area is 169 Å². The second kappa shape index (κ2) is 8.45. The van der Waals surface area contributed by atoms with Crippen LogP contribution in [0.3, 0.4) is 0 Å². The van der Waals surface area contributed by atoms with Crippen LogP contribution in [-0.2, 0) is 25.8 Å². The molecule has 0 aliphatic heterocycles. The van der Waals surface area contributed by atoms with Gasteiger partial charge in [-0.3, -0.25) is 9.36 Å². The van der Waals surface area contributed by atoms with Gasteiger partial charge in [-0.15, -0.1) is 11.3 Å². The van der Waals surface area contributed by atoms with Gasteiger partial charge in [0.2, 0.25) is 5.95 Å². The Morgan fingerprint density at radius 2 is 1.96 bits per heavy atom. The number of rotatable bonds is 6. The normalized spacial score (nSPS) is 14.1. The fourth-order valence-corrected chi connectivity index (χ4v) is 5.28. The molecule has 0 saturated heterocycles. The number of hydrogen-bond donors (Lipinski definition) is 1. The van der Waals surface area contributed by atoms with Crippen molar-refractivity contribution in [2.45, 2.75) is 45.1 Å². The van der Waals surface area contributed by atoms with Crippen molar-refractivity contribution in [1.29, 1.82) is 0 Å². The van der Waals surface area contributed by atoms with Gasteiger partial charge in [0.1, 0.15) is 4.83 Å². The molecule has 0 saturated carbocycles. The molecule has 0 unspecified atom stereocenters. The molecule has 5 nitrogen and oxygen atoms in total. The largest absolute Gasteiger partial charge is 0.395 e. The summed E-state index contributed by atoms with van der Waals surface area (Å²) in [5.74, 6) is 0.652. The van der Waals surface area contributed by atoms with Crippen molar-refractivity contribution >= 4 is 27.5 Å². The minimum Gasteiger partial charge on any atom is -0.395 e. The second-order valence-corrected chi connectivity index (χ2v) is 8.58. The minimum absolute atomic E-state index is 0.0318. The van der Waals surface area contributed by atoms with Crippen molar-refractivity contribution in [1.82, 2.24) is 9.55 Å². The third-order valence-corrected chi connectivity index (χ3v) is 6.73. The van der Waals surface area contributed by atoms with Crippen LogP contribution in [0.2, 0.25) is 0 Å². The average Bonchev–Trinajstić information content (AvgIpc) is 2.89. The molecule has 0 amide bonds. The highest BCUT2D eigenvalue weighted by Crippen LogP contribution is 2.34. The number of aryl methyl sites for hydroxylation is 3. The molecule has 0 radical (unpaired) electrons. The molecule has 1 N–H and O–H groups in total. The first-order valence-electron chi connectivity index (χ1n) is 10.1. The molecular weight excluding hydrogens is 370 g/mol. The van der Waals surface area contributed by atoms with Gasteiger partial charge < -0.3 is 10.0 Å². The van der Waals surface area contributed by atoms with Crippen molar-refractivity contribution in [2.75, 3.05) is 25.1 Å². The third-order valence-electron chi connectivity index (χ3n) is 5.55. The quantitative estimate of drug-likeness (QED) is 0.648. The summed E-state index contributed by atoms with van der Waals surface area (Å²) in [6.45, 7) is 1.07. The van der Waals surface area contributed by atoms with Gasteiger partial charge in [0.25, 0.3) is 5.56 Å². The summed E-state index contributed by atoms with van der Waals surface area (Å²) in [6.07, 6.45) is 6.39. The molecule has 1 aromatic carbocycles. The van der Waals surface area contributed by atoms with Crippen molar-refractivity contribution < 1.29 is 5.11 Å². The van der Waals surface area contributed by atoms with Gasteiger partial charge in [0.15, 0.2) is 0 Å². The zero-order valence-electron chi connectivity index (χ0n) is 16.4. The average molecular weight is 398 g/mol. The van der Waals surface area contributed by atoms with Gasteiger partial charge >= 0.3 is 0 Å². The summed E-state index contributed by atoms with van der Waals surface area (Å²) in [4.78, 5) is 22.5. The Morgan fingerprint density at radius 3 is 2.75 bits per heavy atom. The van der Waals surface area contributed by atoms with Crippen molar-refractivity contribution in [2.24, 2.45) is 0 Å². The Hall–Kier alpha value is -2.18. The van der Waals surface area contributed by atoms with E-state index in [1.165, 1.54) is 28.8 Å². The molecule has 0 atom stereocenters. The van der Waals surface area contributed by atoms with Crippen LogP contribution in [0.5, 0.6) is 0 Å². The molecule has 6 heteroatoms. The van der Waals surface area contributed by atoms with E-state index in [1.54, 1.807) is 11.3 Å². The van der Waals surface area contributed by atoms with Crippen LogP contribution in [0.15, 0.2) is 35.1 Å². The Bertz CT molecular complexity index is 1010. The number of benzene rings is 1. The molecule has 148 valence electrons. The van der Waals surface area contributed by atoms with Crippen LogP contribution in [0, 0.1) is 0 Å². The lowest BCUT2D eigenvalue weighted by Gasteiger charge is -2.21. The molecule has 0 bridgehead atoms. The van der Waals surface area contributed by atoms with Crippen molar-refractivity contribution in [3.63, 3.8) is 0 Å². The van der Waals surface area contributed by atoms with Crippen LogP contribution in [0.1, 0.15) is 35.3 Å². The van der Waals surface area contributed by atoms with Crippen LogP contribution in [0.4, 0.5) is 5.95 Å². The topological polar surface area (TPSA) is 58.4 Å². The van der Waals surface area contributed by atoms with Gasteiger partial charge in [-0.1, -0.05) is 36.8 Å². The molecule has 2 heterocycles. The van der Waals surface area contributed by atoms with Crippen LogP contribution in [0.25, 0.3) is 10.2 Å². The summed E-state index contributed by atoms with van der Waals surface area (Å²) in [5, 5.41) is 10.2. The number of aromatic nitrogens is 2. The summed E-state index contributed by atoms with van der Waals surface area (Å²) in [6, 6.07) is 10.2. The van der Waals surface area contributed by atoms with E-state index in [2.05, 4.69) is 12.1 Å². The number of thiophene rings is 1. The summed E-state index contributed by atoms with van der Waals surface area (Å²) in [5.41, 5.74) is 2.51. The maximum Gasteiger partial charge on any atom is 0.263 e. The fourth-order valence-electron chi connectivity index (χ4n) is 4.03. The van der Waals surface area contributed by atoms with Crippen molar-refractivity contribution in [3.8, 4) is 0 Å². The molecule has 4 rings (SSSR count). The van der Waals surface area contributed by atoms with Gasteiger partial charge in [-0.05, 0) is 43.2 Å². The van der Waals surface area contributed by atoms with Crippen LogP contribution >= 0.6 is 11.3 Å². The Kier molecular flexibility index (Phi) is 5.78. The highest BCUT2D eigenvalue weighted by atomic mass is 32.1. The molecular formula is C22H27N3O2S. The van der Waals surface area contributed by atoms with E-state index in [1.807, 2.05) is 34.7 Å². The Balaban J connectivity index is 1.81. The number of aliphatic hydroxyl groups is 1. The first-order chi connectivity index (χ1) is 13.7. The first-order valence-corrected chi connectivity index (χ1v) is 10.9. The maximum absolute atomic E-state index is 13.6. The zero-order chi connectivity index (χ0) is 19.5. The standard InChI is InChI=1S/C22H27N3O2S/c1-24(14-15-26)22-23-20-19(17-10-6-3-7-11-18(17)28-20)21(27)25(22)13-12-16-8-4-2-5-9-16/h2,4-5,8-9,26H,3,6-7,10-15H2,1H3. The van der Waals surface area contributed by atoms with Gasteiger partial charge in [-0.2, -0.15) is 0 Å². The predicted molar refractivity (Wildman–Crippen MR) is 116 cm³/mol. The number of nitrogens with zero attached hydrogens (tertiary/aromatic N) is 3. The molecule has 0 fully saturated rings. The molecule has 2 aromatic heterocycles. The fraction of sp³-hybridized carbons (Fsp3) is 0.455. The van der Waals surface area contributed by atoms with E-state index >= 15 is 0 Å². The highest BCUT2D eigenvalue weighted by molar-refractivity contribution is 7.18. The smallest absolute Gasteiger partial charge is 0.263 e. The molecule has 3 aromatic rings. The lowest BCUT2D eigenvalue weighted by Crippen LogP contribution is -2.32. The molecule has 1 aliphatic rings. The van der Waals surface area contributed by atoms with E-state index in [9.17, 15) is 9.90 Å².